The molecule has 2 amide bonds. The number of ether oxygens (including phenoxy) is 7. The third-order valence-electron chi connectivity index (χ3n) is 17.6. The molecular weight excluding hydrogens is 1370 g/mol. The molecule has 5 aromatic heterocycles. The van der Waals surface area contributed by atoms with Crippen molar-refractivity contribution in [1.29, 1.82) is 0 Å². The number of aromatic amines is 1. The SMILES string of the molecule is COc1ccc(C(OC[C@H]2O[C@@H](n3cnc4c(NC(=O)c5ccccc5)ncnc43)C[C@@H]2OP(O)OC[C@H]2O[C@@H](n3cnc4c(NC(=O)c5ccccc5)ncnc43)C[C@@H]2OP(O)OC[C@H]2O[C@@H](n3cc(C)c(=O)[nH]c3=O)C[C@@H]2OC(=O)CCC(C)=O)(c2ccccc2)c2ccc(OC)cc2)cc1. The van der Waals surface area contributed by atoms with Gasteiger partial charge in [0.25, 0.3) is 17.4 Å². The zero-order valence-electron chi connectivity index (χ0n) is 55.8. The molecule has 33 heteroatoms. The highest BCUT2D eigenvalue weighted by Gasteiger charge is 2.47. The molecule has 10 aromatic rings. The summed E-state index contributed by atoms with van der Waals surface area (Å²) in [5.74, 6) is -0.337. The van der Waals surface area contributed by atoms with Gasteiger partial charge in [-0.1, -0.05) is 91.0 Å². The van der Waals surface area contributed by atoms with Crippen molar-refractivity contribution in [2.24, 2.45) is 0 Å². The average Bonchev–Trinajstić information content (AvgIpc) is 1.69. The number of esters is 1. The van der Waals surface area contributed by atoms with E-state index in [9.17, 15) is 38.6 Å². The van der Waals surface area contributed by atoms with Gasteiger partial charge < -0.3 is 76.5 Å². The van der Waals surface area contributed by atoms with Gasteiger partial charge in [-0.05, 0) is 79.1 Å². The number of anilines is 2. The van der Waals surface area contributed by atoms with E-state index < -0.39 is 120 Å². The summed E-state index contributed by atoms with van der Waals surface area (Å²) < 4.78 is 73.6. The van der Waals surface area contributed by atoms with Crippen LogP contribution in [0.5, 0.6) is 11.5 Å². The van der Waals surface area contributed by atoms with E-state index in [-0.39, 0.29) is 78.4 Å². The standard InChI is InChI=1S/C70H70N12O19P2/c1-41-33-80(69(88)79-66(41)85)56-30-50(99-59(84)29-20-42(2)83)54(97-56)35-94-102(89)101-52-32-58(82-40-76-61-63(72-38-74-65(61)82)78-68(87)44-16-10-6-11-17-44)98-55(52)36-95-103(90)100-51-31-57(81-39-75-60-62(71-37-73-64(60)81)77-67(86)43-14-8-5-9-15-43)96-53(51)34-93-70(45-18-12-7-13-19-45,46-21-25-48(91-3)26-22-46)47-23-27-49(92-4)28-24-47/h5-19,21-28,33,37-40,50-58,89-90H,20,29-32,34-36H2,1-4H3,(H,79,85,88)(H,71,73,77,86)(H,72,74,78,87)/t50-,51-,52-,53+,54+,55+,56+,57+,58+,102?,103?/m0/s1. The Bertz CT molecular complexity index is 4700. The summed E-state index contributed by atoms with van der Waals surface area (Å²) in [6.07, 6.45) is -2.85. The van der Waals surface area contributed by atoms with E-state index in [4.69, 9.17) is 51.3 Å². The number of Topliss-reactive ketones (excluding diaryl/α,β-unsaturated/α-hetero) is 1. The van der Waals surface area contributed by atoms with Crippen LogP contribution in [0.2, 0.25) is 0 Å². The quantitative estimate of drug-likeness (QED) is 0.0167. The Morgan fingerprint density at radius 1 is 0.563 bits per heavy atom. The first kappa shape index (κ1) is 71.4. The predicted molar refractivity (Wildman–Crippen MR) is 369 cm³/mol. The lowest BCUT2D eigenvalue weighted by molar-refractivity contribution is -0.153. The van der Waals surface area contributed by atoms with E-state index in [2.05, 4.69) is 45.5 Å². The van der Waals surface area contributed by atoms with Gasteiger partial charge in [0.15, 0.2) is 34.0 Å². The topological polar surface area (TPSA) is 376 Å². The number of carbonyl (C=O) groups is 4. The number of rotatable bonds is 29. The smallest absolute Gasteiger partial charge is 0.330 e. The molecule has 31 nitrogen and oxygen atoms in total. The summed E-state index contributed by atoms with van der Waals surface area (Å²) in [6, 6.07) is 41.8. The van der Waals surface area contributed by atoms with Crippen LogP contribution in [0, 0.1) is 6.92 Å². The van der Waals surface area contributed by atoms with Crippen LogP contribution >= 0.6 is 17.2 Å². The number of carbonyl (C=O) groups excluding carboxylic acids is 4. The normalized spacial score (nSPS) is 20.9. The van der Waals surface area contributed by atoms with Gasteiger partial charge in [0.05, 0.1) is 65.3 Å². The summed E-state index contributed by atoms with van der Waals surface area (Å²) in [7, 11) is -2.58. The summed E-state index contributed by atoms with van der Waals surface area (Å²) >= 11 is 0. The Labute approximate surface area is 589 Å². The van der Waals surface area contributed by atoms with Gasteiger partial charge in [-0.2, -0.15) is 0 Å². The van der Waals surface area contributed by atoms with E-state index in [0.717, 1.165) is 21.3 Å². The molecule has 534 valence electrons. The lowest BCUT2D eigenvalue weighted by Crippen LogP contribution is -2.38. The molecule has 13 rings (SSSR count). The molecule has 0 bridgehead atoms. The second kappa shape index (κ2) is 32.1. The van der Waals surface area contributed by atoms with Gasteiger partial charge in [-0.15, -0.1) is 0 Å². The summed E-state index contributed by atoms with van der Waals surface area (Å²) in [5, 5.41) is 5.65. The number of fused-ring (bicyclic) bond motifs is 2. The molecule has 0 spiro atoms. The molecule has 0 saturated carbocycles. The molecule has 3 aliphatic heterocycles. The number of ketones is 1. The maximum Gasteiger partial charge on any atom is 0.330 e. The van der Waals surface area contributed by atoms with Crippen LogP contribution in [0.15, 0.2) is 181 Å². The monoisotopic (exact) mass is 1440 g/mol. The molecule has 2 unspecified atom stereocenters. The van der Waals surface area contributed by atoms with Gasteiger partial charge >= 0.3 is 28.9 Å². The zero-order chi connectivity index (χ0) is 71.7. The number of aromatic nitrogens is 10. The van der Waals surface area contributed by atoms with Crippen LogP contribution in [-0.2, 0) is 57.0 Å². The number of imidazole rings is 2. The predicted octanol–water partition coefficient (Wildman–Crippen LogP) is 8.44. The van der Waals surface area contributed by atoms with Gasteiger partial charge in [0.2, 0.25) is 0 Å². The first-order chi connectivity index (χ1) is 50.0. The number of nitrogens with zero attached hydrogens (tertiary/aromatic N) is 9. The molecule has 3 fully saturated rings. The Morgan fingerprint density at radius 3 is 1.48 bits per heavy atom. The lowest BCUT2D eigenvalue weighted by Gasteiger charge is -2.37. The second-order valence-corrected chi connectivity index (χ2v) is 26.1. The largest absolute Gasteiger partial charge is 0.497 e. The fourth-order valence-electron chi connectivity index (χ4n) is 12.4. The van der Waals surface area contributed by atoms with Crippen molar-refractivity contribution < 1.29 is 80.2 Å². The van der Waals surface area contributed by atoms with Crippen LogP contribution in [0.3, 0.4) is 0 Å². The Hall–Kier alpha value is -9.98. The van der Waals surface area contributed by atoms with Crippen molar-refractivity contribution in [2.45, 2.75) is 107 Å². The highest BCUT2D eigenvalue weighted by molar-refractivity contribution is 7.40. The van der Waals surface area contributed by atoms with E-state index in [1.807, 2.05) is 78.9 Å². The third kappa shape index (κ3) is 16.1. The molecule has 11 atom stereocenters. The number of nitrogens with one attached hydrogen (secondary N) is 3. The molecule has 3 saturated heterocycles. The van der Waals surface area contributed by atoms with Gasteiger partial charge in [-0.3, -0.25) is 37.9 Å². The molecule has 0 radical (unpaired) electrons. The second-order valence-electron chi connectivity index (χ2n) is 24.2. The molecule has 5 aromatic carbocycles. The number of H-pyrrole nitrogens is 1. The molecule has 0 aliphatic carbocycles. The highest BCUT2D eigenvalue weighted by Crippen LogP contribution is 2.49. The minimum atomic E-state index is -2.87. The van der Waals surface area contributed by atoms with Gasteiger partial charge in [-0.25, -0.2) is 34.7 Å². The molecule has 3 aliphatic rings. The van der Waals surface area contributed by atoms with Crippen molar-refractivity contribution in [2.75, 3.05) is 44.7 Å². The summed E-state index contributed by atoms with van der Waals surface area (Å²) in [5.41, 5.74) is 1.51. The van der Waals surface area contributed by atoms with E-state index in [1.165, 1.54) is 45.4 Å². The molecule has 8 heterocycles. The van der Waals surface area contributed by atoms with E-state index >= 15 is 0 Å². The Balaban J connectivity index is 0.781. The maximum absolute atomic E-state index is 13.4. The number of benzene rings is 5. The van der Waals surface area contributed by atoms with E-state index in [0.29, 0.717) is 28.3 Å². The maximum atomic E-state index is 13.4. The van der Waals surface area contributed by atoms with Crippen LogP contribution in [0.25, 0.3) is 22.3 Å². The summed E-state index contributed by atoms with van der Waals surface area (Å²) in [6.45, 7) is 1.78. The first-order valence-electron chi connectivity index (χ1n) is 32.6. The minimum absolute atomic E-state index is 0.0296. The van der Waals surface area contributed by atoms with Gasteiger partial charge in [0.1, 0.15) is 78.6 Å². The highest BCUT2D eigenvalue weighted by atomic mass is 31.2. The number of hydrogen-bond donors (Lipinski definition) is 5. The third-order valence-corrected chi connectivity index (χ3v) is 19.3. The van der Waals surface area contributed by atoms with Gasteiger partial charge in [0, 0.05) is 48.6 Å². The first-order valence-corrected chi connectivity index (χ1v) is 34.9. The molecule has 103 heavy (non-hydrogen) atoms. The van der Waals surface area contributed by atoms with Crippen LogP contribution in [0.4, 0.5) is 11.6 Å². The van der Waals surface area contributed by atoms with E-state index in [1.54, 1.807) is 84.0 Å². The lowest BCUT2D eigenvalue weighted by atomic mass is 9.80. The zero-order valence-corrected chi connectivity index (χ0v) is 57.6. The fourth-order valence-corrected chi connectivity index (χ4v) is 14.0. The van der Waals surface area contributed by atoms with Crippen molar-refractivity contribution in [3.63, 3.8) is 0 Å². The van der Waals surface area contributed by atoms with Crippen molar-refractivity contribution in [3.8, 4) is 11.5 Å². The Kier molecular flexibility index (Phi) is 22.3. The van der Waals surface area contributed by atoms with Crippen molar-refractivity contribution in [3.05, 3.63) is 225 Å². The van der Waals surface area contributed by atoms with Crippen molar-refractivity contribution in [1.82, 2.24) is 48.6 Å². The fraction of sp³-hybridized carbons (Fsp3) is 0.314. The average molecular weight is 1450 g/mol. The number of aryl methyl sites for hydroxylation is 1. The minimum Gasteiger partial charge on any atom is -0.497 e. The van der Waals surface area contributed by atoms with Crippen LogP contribution < -0.4 is 31.4 Å². The summed E-state index contributed by atoms with van der Waals surface area (Å²) in [4.78, 5) is 130. The van der Waals surface area contributed by atoms with Crippen LogP contribution in [-0.4, -0.2) is 153 Å². The molecule has 5 N–H and O–H groups in total. The molecular formula is C70H70N12O19P2. The number of methoxy groups -OCH3 is 2. The Morgan fingerprint density at radius 2 is 1.00 bits per heavy atom. The number of hydrogen-bond acceptors (Lipinski definition) is 25. The number of amides is 2. The van der Waals surface area contributed by atoms with Crippen LogP contribution in [0.1, 0.15) is 101 Å². The van der Waals surface area contributed by atoms with Crippen molar-refractivity contribution >= 4 is 74.7 Å².